The van der Waals surface area contributed by atoms with Crippen molar-refractivity contribution in [1.82, 2.24) is 9.97 Å². The fourth-order valence-electron chi connectivity index (χ4n) is 1.13. The summed E-state index contributed by atoms with van der Waals surface area (Å²) in [7, 11) is 0. The molecule has 0 aliphatic carbocycles. The molecule has 5 heteroatoms. The predicted octanol–water partition coefficient (Wildman–Crippen LogP) is 2.05. The minimum atomic E-state index is -1.11. The molecule has 1 N–H and O–H groups in total. The number of fused-ring (bicyclic) bond motifs is 1. The molecular weight excluding hydrogens is 208 g/mol. The number of hydrogen-bond donors (Lipinski definition) is 1. The number of carbonyl (C=O) groups is 1. The van der Waals surface area contributed by atoms with Crippen molar-refractivity contribution in [2.24, 2.45) is 0 Å². The minimum absolute atomic E-state index is 0.0879. The van der Waals surface area contributed by atoms with Gasteiger partial charge in [0.15, 0.2) is 16.9 Å². The molecule has 0 aromatic carbocycles. The lowest BCUT2D eigenvalue weighted by molar-refractivity contribution is 0.0691. The molecule has 0 spiro atoms. The Bertz CT molecular complexity index is 576. The lowest BCUT2D eigenvalue weighted by atomic mass is 10.4. The first-order chi connectivity index (χ1) is 7.77. The van der Waals surface area contributed by atoms with Crippen LogP contribution in [-0.2, 0) is 0 Å². The maximum Gasteiger partial charge on any atom is 0.354 e. The zero-order valence-corrected chi connectivity index (χ0v) is 8.20. The maximum atomic E-state index is 10.9. The van der Waals surface area contributed by atoms with Crippen molar-refractivity contribution in [3.63, 3.8) is 0 Å². The summed E-state index contributed by atoms with van der Waals surface area (Å²) in [6.45, 7) is 0. The van der Waals surface area contributed by atoms with Gasteiger partial charge in [-0.3, -0.25) is 0 Å². The predicted molar refractivity (Wildman–Crippen MR) is 56.4 cm³/mol. The number of aromatic carboxylic acids is 1. The smallest absolute Gasteiger partial charge is 0.354 e. The van der Waals surface area contributed by atoms with Crippen LogP contribution in [0.5, 0.6) is 0 Å². The molecule has 2 aromatic heterocycles. The summed E-state index contributed by atoms with van der Waals surface area (Å²) in [5.41, 5.74) is 0.576. The van der Waals surface area contributed by atoms with Crippen molar-refractivity contribution < 1.29 is 14.3 Å². The van der Waals surface area contributed by atoms with Gasteiger partial charge in [0.1, 0.15) is 0 Å². The molecule has 80 valence electrons. The van der Waals surface area contributed by atoms with Crippen molar-refractivity contribution >= 4 is 17.2 Å². The summed E-state index contributed by atoms with van der Waals surface area (Å²) in [6.07, 6.45) is 2.97. The monoisotopic (exact) mass is 216 g/mol. The average Bonchev–Trinajstić information content (AvgIpc) is 2.38. The van der Waals surface area contributed by atoms with E-state index in [9.17, 15) is 4.79 Å². The SMILES string of the molecule is O=C(O)c1ccccoc2cccnc2n1. The van der Waals surface area contributed by atoms with E-state index >= 15 is 0 Å². The number of nitrogens with zero attached hydrogens (tertiary/aromatic N) is 2. The number of pyridine rings is 1. The van der Waals surface area contributed by atoms with Gasteiger partial charge in [0.25, 0.3) is 0 Å². The van der Waals surface area contributed by atoms with Crippen LogP contribution < -0.4 is 0 Å². The first-order valence-electron chi connectivity index (χ1n) is 4.54. The second-order valence-corrected chi connectivity index (χ2v) is 2.93. The van der Waals surface area contributed by atoms with Crippen molar-refractivity contribution in [3.8, 4) is 0 Å². The lowest BCUT2D eigenvalue weighted by Gasteiger charge is -1.90. The molecule has 16 heavy (non-hydrogen) atoms. The zero-order chi connectivity index (χ0) is 11.4. The van der Waals surface area contributed by atoms with Crippen LogP contribution in [0.2, 0.25) is 0 Å². The van der Waals surface area contributed by atoms with Gasteiger partial charge in [-0.2, -0.15) is 0 Å². The molecule has 0 aliphatic heterocycles. The Morgan fingerprint density at radius 3 is 2.94 bits per heavy atom. The first kappa shape index (κ1) is 10.1. The van der Waals surface area contributed by atoms with E-state index in [2.05, 4.69) is 9.97 Å². The number of carboxylic acids is 1. The molecule has 0 unspecified atom stereocenters. The standard InChI is InChI=1S/C11H8N2O3/c14-11(15)8-4-1-2-7-16-9-5-3-6-12-10(9)13-8/h1-7H,(H,14,15). The zero-order valence-electron chi connectivity index (χ0n) is 8.20. The molecule has 0 fully saturated rings. The molecule has 0 bridgehead atoms. The van der Waals surface area contributed by atoms with Crippen molar-refractivity contribution in [3.05, 3.63) is 48.5 Å². The van der Waals surface area contributed by atoms with Crippen molar-refractivity contribution in [2.75, 3.05) is 0 Å². The Labute approximate surface area is 90.7 Å². The Hall–Kier alpha value is -2.43. The number of carboxylic acid groups (broad SMARTS) is 1. The largest absolute Gasteiger partial charge is 0.477 e. The van der Waals surface area contributed by atoms with Crippen LogP contribution in [-0.4, -0.2) is 21.0 Å². The summed E-state index contributed by atoms with van der Waals surface area (Å²) in [4.78, 5) is 18.7. The van der Waals surface area contributed by atoms with Gasteiger partial charge >= 0.3 is 5.97 Å². The highest BCUT2D eigenvalue weighted by Crippen LogP contribution is 2.05. The molecule has 0 aliphatic rings. The highest BCUT2D eigenvalue weighted by molar-refractivity contribution is 5.86. The van der Waals surface area contributed by atoms with Crippen LogP contribution in [0.4, 0.5) is 0 Å². The minimum Gasteiger partial charge on any atom is -0.477 e. The topological polar surface area (TPSA) is 76.2 Å². The fraction of sp³-hybridized carbons (Fsp3) is 0. The molecule has 0 saturated heterocycles. The van der Waals surface area contributed by atoms with Crippen molar-refractivity contribution in [1.29, 1.82) is 0 Å². The molecule has 2 aromatic rings. The van der Waals surface area contributed by atoms with E-state index < -0.39 is 5.97 Å². The van der Waals surface area contributed by atoms with Crippen LogP contribution >= 0.6 is 0 Å². The second kappa shape index (κ2) is 4.39. The third-order valence-corrected chi connectivity index (χ3v) is 1.84. The molecular formula is C11H8N2O3. The third kappa shape index (κ3) is 2.14. The molecule has 2 heterocycles. The molecule has 5 nitrogen and oxygen atoms in total. The van der Waals surface area contributed by atoms with E-state index in [-0.39, 0.29) is 11.3 Å². The van der Waals surface area contributed by atoms with Gasteiger partial charge in [0, 0.05) is 6.20 Å². The summed E-state index contributed by atoms with van der Waals surface area (Å²) >= 11 is 0. The normalized spacial score (nSPS) is 9.75. The molecule has 0 amide bonds. The number of hydrogen-bond acceptors (Lipinski definition) is 4. The maximum absolute atomic E-state index is 10.9. The van der Waals surface area contributed by atoms with Crippen LogP contribution in [0.25, 0.3) is 11.2 Å². The van der Waals surface area contributed by atoms with Gasteiger partial charge < -0.3 is 9.52 Å². The van der Waals surface area contributed by atoms with E-state index in [1.165, 1.54) is 18.5 Å². The van der Waals surface area contributed by atoms with E-state index in [4.69, 9.17) is 9.52 Å². The molecule has 0 saturated carbocycles. The highest BCUT2D eigenvalue weighted by Gasteiger charge is 2.02. The third-order valence-electron chi connectivity index (χ3n) is 1.84. The van der Waals surface area contributed by atoms with Crippen molar-refractivity contribution in [2.45, 2.75) is 0 Å². The number of rotatable bonds is 1. The van der Waals surface area contributed by atoms with Crippen LogP contribution in [0.3, 0.4) is 0 Å². The first-order valence-corrected chi connectivity index (χ1v) is 4.54. The van der Waals surface area contributed by atoms with E-state index in [0.29, 0.717) is 5.58 Å². The Morgan fingerprint density at radius 2 is 2.12 bits per heavy atom. The Morgan fingerprint density at radius 1 is 1.25 bits per heavy atom. The van der Waals surface area contributed by atoms with Gasteiger partial charge in [0.05, 0.1) is 6.26 Å². The lowest BCUT2D eigenvalue weighted by Crippen LogP contribution is -1.98. The van der Waals surface area contributed by atoms with Crippen LogP contribution in [0.15, 0.2) is 47.2 Å². The van der Waals surface area contributed by atoms with Gasteiger partial charge in [0.2, 0.25) is 0 Å². The van der Waals surface area contributed by atoms with Crippen LogP contribution in [0.1, 0.15) is 10.5 Å². The van der Waals surface area contributed by atoms with Gasteiger partial charge in [-0.15, -0.1) is 0 Å². The van der Waals surface area contributed by atoms with E-state index in [1.807, 2.05) is 0 Å². The van der Waals surface area contributed by atoms with E-state index in [1.54, 1.807) is 24.3 Å². The Kier molecular flexibility index (Phi) is 2.77. The van der Waals surface area contributed by atoms with E-state index in [0.717, 1.165) is 0 Å². The fourth-order valence-corrected chi connectivity index (χ4v) is 1.13. The summed E-state index contributed by atoms with van der Waals surface area (Å²) in [5.74, 6) is -1.11. The molecule has 0 atom stereocenters. The van der Waals surface area contributed by atoms with Gasteiger partial charge in [-0.25, -0.2) is 14.8 Å². The molecule has 2 rings (SSSR count). The van der Waals surface area contributed by atoms with Crippen LogP contribution in [0, 0.1) is 0 Å². The second-order valence-electron chi connectivity index (χ2n) is 2.93. The Balaban J connectivity index is 2.83. The highest BCUT2D eigenvalue weighted by atomic mass is 16.4. The quantitative estimate of drug-likeness (QED) is 0.789. The number of aromatic nitrogens is 2. The summed E-state index contributed by atoms with van der Waals surface area (Å²) in [6, 6.07) is 7.86. The molecule has 0 radical (unpaired) electrons. The summed E-state index contributed by atoms with van der Waals surface area (Å²) in [5, 5.41) is 8.90. The van der Waals surface area contributed by atoms with Gasteiger partial charge in [-0.1, -0.05) is 6.07 Å². The summed E-state index contributed by atoms with van der Waals surface area (Å²) < 4.78 is 5.24. The van der Waals surface area contributed by atoms with Gasteiger partial charge in [-0.05, 0) is 24.3 Å². The average molecular weight is 216 g/mol.